The van der Waals surface area contributed by atoms with E-state index in [1.54, 1.807) is 0 Å². The lowest BCUT2D eigenvalue weighted by molar-refractivity contribution is 0.360. The smallest absolute Gasteiger partial charge is 0.0858 e. The van der Waals surface area contributed by atoms with Gasteiger partial charge in [0.2, 0.25) is 0 Å². The maximum atomic E-state index is 4.78. The predicted molar refractivity (Wildman–Crippen MR) is 151 cm³/mol. The molecule has 200 valence electrons. The first-order valence-corrected chi connectivity index (χ1v) is 15.7. The Hall–Kier alpha value is -0.860. The first-order chi connectivity index (χ1) is 16.8. The molecular formula is C31H61N3. The lowest BCUT2D eigenvalue weighted by atomic mass is 9.92. The van der Waals surface area contributed by atoms with Crippen LogP contribution in [-0.2, 0) is 0 Å². The van der Waals surface area contributed by atoms with Crippen molar-refractivity contribution in [1.82, 2.24) is 15.0 Å². The van der Waals surface area contributed by atoms with Gasteiger partial charge in [-0.1, -0.05) is 155 Å². The van der Waals surface area contributed by atoms with Crippen molar-refractivity contribution in [3.05, 3.63) is 11.9 Å². The molecule has 1 unspecified atom stereocenters. The third kappa shape index (κ3) is 15.2. The van der Waals surface area contributed by atoms with E-state index in [0.29, 0.717) is 12.0 Å². The molecule has 0 N–H and O–H groups in total. The number of aromatic nitrogens is 3. The highest BCUT2D eigenvalue weighted by atomic mass is 15.4. The van der Waals surface area contributed by atoms with Gasteiger partial charge in [0.25, 0.3) is 0 Å². The second-order valence-corrected chi connectivity index (χ2v) is 10.9. The van der Waals surface area contributed by atoms with Crippen LogP contribution in [0, 0.1) is 0 Å². The molecule has 1 heterocycles. The summed E-state index contributed by atoms with van der Waals surface area (Å²) in [6.45, 7) is 9.22. The van der Waals surface area contributed by atoms with E-state index in [9.17, 15) is 0 Å². The van der Waals surface area contributed by atoms with Gasteiger partial charge in [0.05, 0.1) is 11.7 Å². The van der Waals surface area contributed by atoms with Crippen LogP contribution in [0.1, 0.15) is 193 Å². The third-order valence-corrected chi connectivity index (χ3v) is 7.66. The minimum Gasteiger partial charge on any atom is -0.249 e. The zero-order valence-electron chi connectivity index (χ0n) is 23.8. The van der Waals surface area contributed by atoms with Crippen LogP contribution in [0.2, 0.25) is 0 Å². The van der Waals surface area contributed by atoms with Gasteiger partial charge >= 0.3 is 0 Å². The van der Waals surface area contributed by atoms with Crippen molar-refractivity contribution in [2.45, 2.75) is 187 Å². The van der Waals surface area contributed by atoms with Crippen LogP contribution in [-0.4, -0.2) is 15.0 Å². The van der Waals surface area contributed by atoms with E-state index in [-0.39, 0.29) is 0 Å². The maximum Gasteiger partial charge on any atom is 0.0858 e. The van der Waals surface area contributed by atoms with Gasteiger partial charge in [0.1, 0.15) is 0 Å². The van der Waals surface area contributed by atoms with Crippen LogP contribution in [0.4, 0.5) is 0 Å². The molecule has 1 aromatic heterocycles. The zero-order valence-corrected chi connectivity index (χ0v) is 23.8. The summed E-state index contributed by atoms with van der Waals surface area (Å²) >= 11 is 0. The molecule has 0 fully saturated rings. The highest BCUT2D eigenvalue weighted by Gasteiger charge is 2.19. The molecule has 3 heteroatoms. The van der Waals surface area contributed by atoms with Gasteiger partial charge in [0, 0.05) is 12.1 Å². The van der Waals surface area contributed by atoms with E-state index in [1.807, 2.05) is 0 Å². The van der Waals surface area contributed by atoms with E-state index in [1.165, 1.54) is 153 Å². The zero-order chi connectivity index (χ0) is 24.7. The Bertz CT molecular complexity index is 525. The highest BCUT2D eigenvalue weighted by Crippen LogP contribution is 2.29. The van der Waals surface area contributed by atoms with Crippen LogP contribution in [0.25, 0.3) is 0 Å². The van der Waals surface area contributed by atoms with Gasteiger partial charge in [-0.25, -0.2) is 4.68 Å². The van der Waals surface area contributed by atoms with Gasteiger partial charge in [-0.05, 0) is 25.7 Å². The molecule has 34 heavy (non-hydrogen) atoms. The summed E-state index contributed by atoms with van der Waals surface area (Å²) in [5.74, 6) is 0.613. The minimum atomic E-state index is 0.551. The highest BCUT2D eigenvalue weighted by molar-refractivity contribution is 5.02. The third-order valence-electron chi connectivity index (χ3n) is 7.66. The fourth-order valence-corrected chi connectivity index (χ4v) is 5.28. The molecule has 1 atom stereocenters. The van der Waals surface area contributed by atoms with Crippen LogP contribution >= 0.6 is 0 Å². The topological polar surface area (TPSA) is 30.7 Å². The lowest BCUT2D eigenvalue weighted by Gasteiger charge is -2.18. The minimum absolute atomic E-state index is 0.551. The largest absolute Gasteiger partial charge is 0.249 e. The Kier molecular flexibility index (Phi) is 20.7. The van der Waals surface area contributed by atoms with Crippen LogP contribution in [0.3, 0.4) is 0 Å². The second kappa shape index (κ2) is 22.6. The average Bonchev–Trinajstić information content (AvgIpc) is 3.33. The Morgan fingerprint density at radius 1 is 0.529 bits per heavy atom. The molecule has 0 aliphatic rings. The van der Waals surface area contributed by atoms with Crippen molar-refractivity contribution in [3.8, 4) is 0 Å². The predicted octanol–water partition coefficient (Wildman–Crippen LogP) is 11.0. The number of hydrogen-bond acceptors (Lipinski definition) is 2. The van der Waals surface area contributed by atoms with E-state index in [2.05, 4.69) is 38.6 Å². The molecular weight excluding hydrogens is 414 g/mol. The van der Waals surface area contributed by atoms with Gasteiger partial charge in [-0.15, -0.1) is 5.10 Å². The molecule has 0 bridgehead atoms. The lowest BCUT2D eigenvalue weighted by Crippen LogP contribution is -2.10. The summed E-state index contributed by atoms with van der Waals surface area (Å²) in [6, 6.07) is 0.551. The summed E-state index contributed by atoms with van der Waals surface area (Å²) in [6.07, 6.45) is 33.4. The van der Waals surface area contributed by atoms with Gasteiger partial charge in [-0.3, -0.25) is 0 Å². The van der Waals surface area contributed by atoms with Crippen molar-refractivity contribution >= 4 is 0 Å². The number of unbranched alkanes of at least 4 members (excludes halogenated alkanes) is 15. The fraction of sp³-hybridized carbons (Fsp3) is 0.935. The quantitative estimate of drug-likeness (QED) is 0.132. The van der Waals surface area contributed by atoms with Crippen LogP contribution in [0.15, 0.2) is 6.20 Å². The van der Waals surface area contributed by atoms with Crippen molar-refractivity contribution < 1.29 is 0 Å². The first-order valence-electron chi connectivity index (χ1n) is 15.7. The molecule has 0 aromatic carbocycles. The standard InChI is InChI=1S/C31H61N3/c1-5-9-13-17-21-25-29(24-20-16-12-8-4)31-28-34(33-32-31)30(26-22-18-14-10-6-2)27-23-19-15-11-7-3/h28-30H,5-27H2,1-4H3. The second-order valence-electron chi connectivity index (χ2n) is 10.9. The molecule has 1 aromatic rings. The van der Waals surface area contributed by atoms with Gasteiger partial charge in [-0.2, -0.15) is 0 Å². The summed E-state index contributed by atoms with van der Waals surface area (Å²) < 4.78 is 2.28. The summed E-state index contributed by atoms with van der Waals surface area (Å²) in [5.41, 5.74) is 1.29. The molecule has 0 spiro atoms. The average molecular weight is 476 g/mol. The Morgan fingerprint density at radius 3 is 1.35 bits per heavy atom. The molecule has 0 saturated carbocycles. The summed E-state index contributed by atoms with van der Waals surface area (Å²) in [4.78, 5) is 0. The molecule has 1 rings (SSSR count). The normalized spacial score (nSPS) is 12.6. The van der Waals surface area contributed by atoms with Crippen molar-refractivity contribution in [2.24, 2.45) is 0 Å². The van der Waals surface area contributed by atoms with Gasteiger partial charge in [0.15, 0.2) is 0 Å². The van der Waals surface area contributed by atoms with Gasteiger partial charge < -0.3 is 0 Å². The molecule has 0 radical (unpaired) electrons. The summed E-state index contributed by atoms with van der Waals surface area (Å²) in [5, 5.41) is 9.52. The molecule has 0 aliphatic heterocycles. The van der Waals surface area contributed by atoms with E-state index >= 15 is 0 Å². The molecule has 0 aliphatic carbocycles. The van der Waals surface area contributed by atoms with E-state index < -0.39 is 0 Å². The Morgan fingerprint density at radius 2 is 0.912 bits per heavy atom. The van der Waals surface area contributed by atoms with Crippen LogP contribution in [0.5, 0.6) is 0 Å². The monoisotopic (exact) mass is 475 g/mol. The Labute approximate surface area is 214 Å². The fourth-order valence-electron chi connectivity index (χ4n) is 5.28. The van der Waals surface area contributed by atoms with Crippen LogP contribution < -0.4 is 0 Å². The Balaban J connectivity index is 2.71. The number of nitrogens with zero attached hydrogens (tertiary/aromatic N) is 3. The van der Waals surface area contributed by atoms with Crippen molar-refractivity contribution in [2.75, 3.05) is 0 Å². The van der Waals surface area contributed by atoms with E-state index in [4.69, 9.17) is 10.3 Å². The van der Waals surface area contributed by atoms with Crippen molar-refractivity contribution in [1.29, 1.82) is 0 Å². The molecule has 3 nitrogen and oxygen atoms in total. The molecule has 0 saturated heterocycles. The number of hydrogen-bond donors (Lipinski definition) is 0. The number of rotatable bonds is 25. The SMILES string of the molecule is CCCCCCCC(CCCCCC)c1cn(C(CCCCCCC)CCCCCCC)nn1. The summed E-state index contributed by atoms with van der Waals surface area (Å²) in [7, 11) is 0. The maximum absolute atomic E-state index is 4.78. The van der Waals surface area contributed by atoms with E-state index in [0.717, 1.165) is 0 Å². The first kappa shape index (κ1) is 31.2. The van der Waals surface area contributed by atoms with Crippen molar-refractivity contribution in [3.63, 3.8) is 0 Å². The molecule has 0 amide bonds.